The number of aliphatic hydroxyl groups is 1. The van der Waals surface area contributed by atoms with Gasteiger partial charge < -0.3 is 10.8 Å². The average molecular weight is 337 g/mol. The highest BCUT2D eigenvalue weighted by Crippen LogP contribution is 2.29. The van der Waals surface area contributed by atoms with Crippen LogP contribution in [-0.4, -0.2) is 37.0 Å². The second-order valence-electron chi connectivity index (χ2n) is 4.63. The smallest absolute Gasteiger partial charge is 0.244 e. The van der Waals surface area contributed by atoms with E-state index in [1.807, 2.05) is 0 Å². The van der Waals surface area contributed by atoms with Crippen LogP contribution in [0, 0.1) is 0 Å². The zero-order valence-corrected chi connectivity index (χ0v) is 12.9. The lowest BCUT2D eigenvalue weighted by molar-refractivity contribution is 0.138. The molecule has 5 nitrogen and oxygen atoms in total. The minimum absolute atomic E-state index is 0.0894. The van der Waals surface area contributed by atoms with Crippen LogP contribution in [0.25, 0.3) is 0 Å². The van der Waals surface area contributed by atoms with E-state index in [1.54, 1.807) is 26.0 Å². The molecule has 102 valence electrons. The van der Waals surface area contributed by atoms with Gasteiger partial charge in [0.15, 0.2) is 0 Å². The normalized spacial score (nSPS) is 13.0. The summed E-state index contributed by atoms with van der Waals surface area (Å²) >= 11 is 3.20. The molecule has 0 spiro atoms. The Kier molecular flexibility index (Phi) is 4.42. The third kappa shape index (κ3) is 2.85. The maximum Gasteiger partial charge on any atom is 0.244 e. The molecule has 0 radical (unpaired) electrons. The summed E-state index contributed by atoms with van der Waals surface area (Å²) < 4.78 is 26.5. The molecule has 0 aromatic heterocycles. The number of sulfonamides is 1. The minimum atomic E-state index is -3.72. The van der Waals surface area contributed by atoms with Crippen molar-refractivity contribution in [1.82, 2.24) is 4.31 Å². The molecule has 0 aliphatic heterocycles. The SMILES string of the molecule is CN(C(C)(C)CO)S(=O)(=O)c1cc(N)ccc1Br. The Morgan fingerprint density at radius 1 is 1.44 bits per heavy atom. The highest BCUT2D eigenvalue weighted by atomic mass is 79.9. The van der Waals surface area contributed by atoms with Crippen molar-refractivity contribution in [2.45, 2.75) is 24.3 Å². The van der Waals surface area contributed by atoms with Gasteiger partial charge in [-0.1, -0.05) is 0 Å². The fourth-order valence-electron chi connectivity index (χ4n) is 1.29. The maximum atomic E-state index is 12.4. The zero-order valence-electron chi connectivity index (χ0n) is 10.5. The summed E-state index contributed by atoms with van der Waals surface area (Å²) in [5.41, 5.74) is 5.09. The first-order valence-electron chi connectivity index (χ1n) is 5.28. The molecule has 0 amide bonds. The number of anilines is 1. The number of benzene rings is 1. The number of hydrogen-bond donors (Lipinski definition) is 2. The Labute approximate surface area is 116 Å². The molecule has 18 heavy (non-hydrogen) atoms. The summed E-state index contributed by atoms with van der Waals surface area (Å²) in [6, 6.07) is 4.59. The third-order valence-electron chi connectivity index (χ3n) is 2.83. The van der Waals surface area contributed by atoms with E-state index in [0.717, 1.165) is 4.31 Å². The molecule has 3 N–H and O–H groups in total. The third-order valence-corrected chi connectivity index (χ3v) is 5.90. The van der Waals surface area contributed by atoms with E-state index >= 15 is 0 Å². The van der Waals surface area contributed by atoms with E-state index in [1.165, 1.54) is 13.1 Å². The summed E-state index contributed by atoms with van der Waals surface area (Å²) in [7, 11) is -2.28. The van der Waals surface area contributed by atoms with Gasteiger partial charge in [0.25, 0.3) is 0 Å². The van der Waals surface area contributed by atoms with E-state index in [0.29, 0.717) is 10.2 Å². The molecule has 0 aliphatic rings. The van der Waals surface area contributed by atoms with Gasteiger partial charge in [-0.25, -0.2) is 8.42 Å². The van der Waals surface area contributed by atoms with Crippen LogP contribution in [-0.2, 0) is 10.0 Å². The number of aliphatic hydroxyl groups excluding tert-OH is 1. The van der Waals surface area contributed by atoms with Crippen LogP contribution in [0.4, 0.5) is 5.69 Å². The molecule has 1 rings (SSSR count). The van der Waals surface area contributed by atoms with E-state index in [4.69, 9.17) is 5.73 Å². The van der Waals surface area contributed by atoms with Crippen molar-refractivity contribution in [2.75, 3.05) is 19.4 Å². The van der Waals surface area contributed by atoms with Gasteiger partial charge >= 0.3 is 0 Å². The second-order valence-corrected chi connectivity index (χ2v) is 7.42. The lowest BCUT2D eigenvalue weighted by atomic mass is 10.1. The molecule has 1 aromatic carbocycles. The Bertz CT molecular complexity index is 543. The number of hydrogen-bond acceptors (Lipinski definition) is 4. The molecule has 0 fully saturated rings. The zero-order chi connectivity index (χ0) is 14.1. The molecule has 0 aliphatic carbocycles. The number of likely N-dealkylation sites (N-methyl/N-ethyl adjacent to an activating group) is 1. The van der Waals surface area contributed by atoms with E-state index in [9.17, 15) is 13.5 Å². The molecule has 0 saturated heterocycles. The minimum Gasteiger partial charge on any atom is -0.399 e. The molecule has 1 aromatic rings. The fraction of sp³-hybridized carbons (Fsp3) is 0.455. The molecule has 0 atom stereocenters. The number of nitrogens with zero attached hydrogens (tertiary/aromatic N) is 1. The van der Waals surface area contributed by atoms with Crippen molar-refractivity contribution in [3.8, 4) is 0 Å². The molecular formula is C11H17BrN2O3S. The molecule has 0 heterocycles. The Morgan fingerprint density at radius 2 is 2.00 bits per heavy atom. The Hall–Kier alpha value is -0.630. The van der Waals surface area contributed by atoms with Gasteiger partial charge in [0, 0.05) is 17.2 Å². The van der Waals surface area contributed by atoms with Crippen LogP contribution in [0.3, 0.4) is 0 Å². The molecule has 0 saturated carbocycles. The summed E-state index contributed by atoms with van der Waals surface area (Å²) in [6.45, 7) is 3.01. The van der Waals surface area contributed by atoms with Crippen molar-refractivity contribution in [3.63, 3.8) is 0 Å². The van der Waals surface area contributed by atoms with Gasteiger partial charge in [-0.2, -0.15) is 4.31 Å². The van der Waals surface area contributed by atoms with Crippen LogP contribution in [0.2, 0.25) is 0 Å². The molecule has 0 bridgehead atoms. The standard InChI is InChI=1S/C11H17BrN2O3S/c1-11(2,7-15)14(3)18(16,17)10-6-8(13)4-5-9(10)12/h4-6,15H,7,13H2,1-3H3. The van der Waals surface area contributed by atoms with Gasteiger partial charge in [-0.05, 0) is 48.0 Å². The van der Waals surface area contributed by atoms with Crippen LogP contribution in [0.5, 0.6) is 0 Å². The summed E-state index contributed by atoms with van der Waals surface area (Å²) in [6.07, 6.45) is 0. The van der Waals surface area contributed by atoms with E-state index in [2.05, 4.69) is 15.9 Å². The van der Waals surface area contributed by atoms with Crippen molar-refractivity contribution >= 4 is 31.6 Å². The maximum absolute atomic E-state index is 12.4. The second kappa shape index (κ2) is 5.16. The summed E-state index contributed by atoms with van der Waals surface area (Å²) in [5.74, 6) is 0. The van der Waals surface area contributed by atoms with Gasteiger partial charge in [-0.15, -0.1) is 0 Å². The quantitative estimate of drug-likeness (QED) is 0.814. The molecular weight excluding hydrogens is 320 g/mol. The van der Waals surface area contributed by atoms with Crippen LogP contribution in [0.15, 0.2) is 27.6 Å². The number of nitrogen functional groups attached to an aromatic ring is 1. The van der Waals surface area contributed by atoms with E-state index < -0.39 is 15.6 Å². The first-order chi connectivity index (χ1) is 8.13. The Balaban J connectivity index is 3.34. The van der Waals surface area contributed by atoms with Crippen LogP contribution < -0.4 is 5.73 Å². The van der Waals surface area contributed by atoms with E-state index in [-0.39, 0.29) is 11.5 Å². The van der Waals surface area contributed by atoms with Gasteiger partial charge in [-0.3, -0.25) is 0 Å². The average Bonchev–Trinajstić information content (AvgIpc) is 2.31. The topological polar surface area (TPSA) is 83.6 Å². The van der Waals surface area contributed by atoms with Crippen molar-refractivity contribution in [1.29, 1.82) is 0 Å². The number of rotatable bonds is 4. The largest absolute Gasteiger partial charge is 0.399 e. The lowest BCUT2D eigenvalue weighted by Crippen LogP contribution is -2.47. The van der Waals surface area contributed by atoms with Crippen LogP contribution >= 0.6 is 15.9 Å². The first-order valence-corrected chi connectivity index (χ1v) is 7.51. The van der Waals surface area contributed by atoms with Crippen molar-refractivity contribution in [3.05, 3.63) is 22.7 Å². The predicted molar refractivity (Wildman–Crippen MR) is 74.7 cm³/mol. The Morgan fingerprint density at radius 3 is 2.50 bits per heavy atom. The van der Waals surface area contributed by atoms with Gasteiger partial charge in [0.05, 0.1) is 17.0 Å². The molecule has 7 heteroatoms. The highest BCUT2D eigenvalue weighted by molar-refractivity contribution is 9.10. The highest BCUT2D eigenvalue weighted by Gasteiger charge is 2.34. The fourth-order valence-corrected chi connectivity index (χ4v) is 3.75. The van der Waals surface area contributed by atoms with Crippen LogP contribution in [0.1, 0.15) is 13.8 Å². The number of halogens is 1. The molecule has 0 unspecified atom stereocenters. The van der Waals surface area contributed by atoms with Crippen molar-refractivity contribution < 1.29 is 13.5 Å². The lowest BCUT2D eigenvalue weighted by Gasteiger charge is -2.33. The predicted octanol–water partition coefficient (Wildman–Crippen LogP) is 1.42. The van der Waals surface area contributed by atoms with Gasteiger partial charge in [0.2, 0.25) is 10.0 Å². The summed E-state index contributed by atoms with van der Waals surface area (Å²) in [5, 5.41) is 9.26. The van der Waals surface area contributed by atoms with Crippen molar-refractivity contribution in [2.24, 2.45) is 0 Å². The van der Waals surface area contributed by atoms with Gasteiger partial charge in [0.1, 0.15) is 0 Å². The monoisotopic (exact) mass is 336 g/mol. The number of nitrogens with two attached hydrogens (primary N) is 1. The summed E-state index contributed by atoms with van der Waals surface area (Å²) in [4.78, 5) is 0.0894. The first kappa shape index (κ1) is 15.4.